The molecule has 8 heteroatoms. The first-order chi connectivity index (χ1) is 14.7. The average molecular weight is 446 g/mol. The highest BCUT2D eigenvalue weighted by Crippen LogP contribution is 2.28. The normalized spacial score (nSPS) is 17.5. The summed E-state index contributed by atoms with van der Waals surface area (Å²) in [5, 5.41) is 3.66. The van der Waals surface area contributed by atoms with E-state index in [0.29, 0.717) is 19.0 Å². The lowest BCUT2D eigenvalue weighted by atomic mass is 9.98. The number of anilines is 1. The van der Waals surface area contributed by atoms with Gasteiger partial charge in [0, 0.05) is 43.9 Å². The van der Waals surface area contributed by atoms with Crippen LogP contribution in [0.3, 0.4) is 0 Å². The lowest BCUT2D eigenvalue weighted by molar-refractivity contribution is 0.130. The van der Waals surface area contributed by atoms with Crippen molar-refractivity contribution in [1.29, 1.82) is 0 Å². The number of aryl methyl sites for hydroxylation is 1. The van der Waals surface area contributed by atoms with Crippen molar-refractivity contribution >= 4 is 29.2 Å². The predicted octanol–water partition coefficient (Wildman–Crippen LogP) is 3.79. The third-order valence-corrected chi connectivity index (χ3v) is 5.65. The summed E-state index contributed by atoms with van der Waals surface area (Å²) in [5.41, 5.74) is 10.4. The van der Waals surface area contributed by atoms with E-state index in [1.165, 1.54) is 17.2 Å². The standard InChI is InChI=1S/C23H29F2N5S/c1-15(2)22-14-30(8-7-29(22)13-17-6-4-5-16(3)9-17)21-11-19(24)18(10-20(21)25)12-27-28-23(26)31/h4-6,9-12,15,22H,7-8,13-14H2,1-3H3,(H3,26,28,31)/b27-12+/t22-/m1/s1. The summed E-state index contributed by atoms with van der Waals surface area (Å²) in [6, 6.07) is 11.1. The molecule has 0 saturated carbocycles. The van der Waals surface area contributed by atoms with Gasteiger partial charge >= 0.3 is 0 Å². The second-order valence-electron chi connectivity index (χ2n) is 8.28. The van der Waals surface area contributed by atoms with Crippen LogP contribution in [0.15, 0.2) is 41.5 Å². The van der Waals surface area contributed by atoms with Gasteiger partial charge in [0.05, 0.1) is 11.9 Å². The minimum atomic E-state index is -0.548. The van der Waals surface area contributed by atoms with Gasteiger partial charge < -0.3 is 10.6 Å². The highest BCUT2D eigenvalue weighted by Gasteiger charge is 2.30. The molecule has 2 aromatic rings. The number of nitrogens with zero attached hydrogens (tertiary/aromatic N) is 3. The number of hydrogen-bond acceptors (Lipinski definition) is 4. The molecular weight excluding hydrogens is 416 g/mol. The molecule has 2 aromatic carbocycles. The maximum atomic E-state index is 14.9. The lowest BCUT2D eigenvalue weighted by Crippen LogP contribution is -2.55. The molecular formula is C23H29F2N5S. The van der Waals surface area contributed by atoms with Gasteiger partial charge in [-0.1, -0.05) is 43.7 Å². The van der Waals surface area contributed by atoms with Gasteiger partial charge in [0.1, 0.15) is 11.6 Å². The van der Waals surface area contributed by atoms with Crippen LogP contribution >= 0.6 is 12.2 Å². The molecule has 1 saturated heterocycles. The fourth-order valence-corrected chi connectivity index (χ4v) is 4.05. The molecule has 1 heterocycles. The highest BCUT2D eigenvalue weighted by molar-refractivity contribution is 7.80. The monoisotopic (exact) mass is 445 g/mol. The molecule has 0 amide bonds. The van der Waals surface area contributed by atoms with Crippen LogP contribution in [-0.4, -0.2) is 41.9 Å². The smallest absolute Gasteiger partial charge is 0.184 e. The maximum absolute atomic E-state index is 14.9. The molecule has 0 aromatic heterocycles. The van der Waals surface area contributed by atoms with Gasteiger partial charge in [-0.25, -0.2) is 8.78 Å². The number of benzene rings is 2. The molecule has 1 atom stereocenters. The van der Waals surface area contributed by atoms with Crippen LogP contribution in [0, 0.1) is 24.5 Å². The molecule has 0 unspecified atom stereocenters. The Morgan fingerprint density at radius 1 is 1.26 bits per heavy atom. The van der Waals surface area contributed by atoms with E-state index in [0.717, 1.165) is 25.4 Å². The third-order valence-electron chi connectivity index (χ3n) is 5.56. The zero-order valence-electron chi connectivity index (χ0n) is 18.1. The Bertz CT molecular complexity index is 963. The number of nitrogens with one attached hydrogen (secondary N) is 1. The SMILES string of the molecule is Cc1cccc(CN2CCN(c3cc(F)c(/C=N/NC(N)=S)cc3F)C[C@@H]2C(C)C)c1. The van der Waals surface area contributed by atoms with E-state index in [9.17, 15) is 8.78 Å². The Labute approximate surface area is 187 Å². The van der Waals surface area contributed by atoms with Crippen LogP contribution in [0.25, 0.3) is 0 Å². The minimum Gasteiger partial charge on any atom is -0.375 e. The van der Waals surface area contributed by atoms with Crippen molar-refractivity contribution in [1.82, 2.24) is 10.3 Å². The second-order valence-corrected chi connectivity index (χ2v) is 8.72. The van der Waals surface area contributed by atoms with Gasteiger partial charge in [0.2, 0.25) is 0 Å². The largest absolute Gasteiger partial charge is 0.375 e. The lowest BCUT2D eigenvalue weighted by Gasteiger charge is -2.44. The van der Waals surface area contributed by atoms with Crippen molar-refractivity contribution < 1.29 is 8.78 Å². The first-order valence-electron chi connectivity index (χ1n) is 10.4. The van der Waals surface area contributed by atoms with Crippen LogP contribution in [0.1, 0.15) is 30.5 Å². The van der Waals surface area contributed by atoms with Crippen LogP contribution < -0.4 is 16.1 Å². The molecule has 1 fully saturated rings. The minimum absolute atomic E-state index is 0.0310. The molecule has 1 aliphatic heterocycles. The summed E-state index contributed by atoms with van der Waals surface area (Å²) < 4.78 is 29.4. The summed E-state index contributed by atoms with van der Waals surface area (Å²) in [6.07, 6.45) is 1.16. The molecule has 0 bridgehead atoms. The third kappa shape index (κ3) is 5.98. The Kier molecular flexibility index (Phi) is 7.56. The predicted molar refractivity (Wildman–Crippen MR) is 126 cm³/mol. The van der Waals surface area contributed by atoms with Crippen LogP contribution in [0.4, 0.5) is 14.5 Å². The molecule has 3 rings (SSSR count). The van der Waals surface area contributed by atoms with E-state index >= 15 is 0 Å². The van der Waals surface area contributed by atoms with Crippen LogP contribution in [0.5, 0.6) is 0 Å². The summed E-state index contributed by atoms with van der Waals surface area (Å²) >= 11 is 4.64. The van der Waals surface area contributed by atoms with E-state index in [2.05, 4.69) is 72.7 Å². The van der Waals surface area contributed by atoms with Crippen LogP contribution in [-0.2, 0) is 6.54 Å². The van der Waals surface area contributed by atoms with E-state index in [-0.39, 0.29) is 22.4 Å². The van der Waals surface area contributed by atoms with Crippen molar-refractivity contribution in [3.63, 3.8) is 0 Å². The van der Waals surface area contributed by atoms with Gasteiger partial charge in [0.15, 0.2) is 5.11 Å². The first-order valence-corrected chi connectivity index (χ1v) is 10.8. The van der Waals surface area contributed by atoms with E-state index in [4.69, 9.17) is 5.73 Å². The van der Waals surface area contributed by atoms with Crippen LogP contribution in [0.2, 0.25) is 0 Å². The molecule has 0 spiro atoms. The molecule has 5 nitrogen and oxygen atoms in total. The topological polar surface area (TPSA) is 56.9 Å². The molecule has 1 aliphatic rings. The fourth-order valence-electron chi connectivity index (χ4n) is 4.00. The van der Waals surface area contributed by atoms with Crippen molar-refractivity contribution in [2.45, 2.75) is 33.4 Å². The molecule has 166 valence electrons. The summed E-state index contributed by atoms with van der Waals surface area (Å²) in [7, 11) is 0. The molecule has 31 heavy (non-hydrogen) atoms. The number of nitrogens with two attached hydrogens (primary N) is 1. The summed E-state index contributed by atoms with van der Waals surface area (Å²) in [5.74, 6) is -0.654. The zero-order chi connectivity index (χ0) is 22.5. The van der Waals surface area contributed by atoms with Gasteiger partial charge in [-0.2, -0.15) is 5.10 Å². The Hall–Kier alpha value is -2.58. The van der Waals surface area contributed by atoms with Crippen molar-refractivity contribution in [2.75, 3.05) is 24.5 Å². The second kappa shape index (κ2) is 10.2. The fraction of sp³-hybridized carbons (Fsp3) is 0.391. The van der Waals surface area contributed by atoms with E-state index in [1.54, 1.807) is 0 Å². The zero-order valence-corrected chi connectivity index (χ0v) is 18.9. The summed E-state index contributed by atoms with van der Waals surface area (Å²) in [4.78, 5) is 4.37. The number of hydrogen-bond donors (Lipinski definition) is 2. The first kappa shape index (κ1) is 23.1. The van der Waals surface area contributed by atoms with Gasteiger partial charge in [0.25, 0.3) is 0 Å². The number of halogens is 2. The van der Waals surface area contributed by atoms with E-state index < -0.39 is 11.6 Å². The molecule has 0 radical (unpaired) electrons. The van der Waals surface area contributed by atoms with Gasteiger partial charge in [-0.3, -0.25) is 10.3 Å². The van der Waals surface area contributed by atoms with Crippen molar-refractivity contribution in [3.8, 4) is 0 Å². The average Bonchev–Trinajstić information content (AvgIpc) is 2.70. The number of rotatable bonds is 6. The van der Waals surface area contributed by atoms with Crippen molar-refractivity contribution in [2.24, 2.45) is 16.8 Å². The quantitative estimate of drug-likeness (QED) is 0.403. The van der Waals surface area contributed by atoms with E-state index in [1.807, 2.05) is 4.90 Å². The Morgan fingerprint density at radius 3 is 2.71 bits per heavy atom. The highest BCUT2D eigenvalue weighted by atomic mass is 32.1. The maximum Gasteiger partial charge on any atom is 0.184 e. The molecule has 0 aliphatic carbocycles. The Morgan fingerprint density at radius 2 is 2.03 bits per heavy atom. The Balaban J connectivity index is 1.76. The van der Waals surface area contributed by atoms with Gasteiger partial charge in [-0.15, -0.1) is 0 Å². The number of hydrazone groups is 1. The molecule has 3 N–H and O–H groups in total. The number of thiocarbonyl (C=S) groups is 1. The van der Waals surface area contributed by atoms with Crippen molar-refractivity contribution in [3.05, 3.63) is 64.7 Å². The van der Waals surface area contributed by atoms with Gasteiger partial charge in [-0.05, 0) is 36.7 Å². The summed E-state index contributed by atoms with van der Waals surface area (Å²) in [6.45, 7) is 9.32. The number of piperazine rings is 1.